The lowest BCUT2D eigenvalue weighted by Gasteiger charge is -2.33. The molecule has 0 saturated carbocycles. The van der Waals surface area contributed by atoms with Gasteiger partial charge in [-0.15, -0.1) is 0 Å². The van der Waals surface area contributed by atoms with E-state index in [4.69, 9.17) is 9.47 Å². The molecule has 0 N–H and O–H groups in total. The maximum absolute atomic E-state index is 13.3. The van der Waals surface area contributed by atoms with Crippen molar-refractivity contribution in [2.45, 2.75) is 51.9 Å². The topological polar surface area (TPSA) is 76.2 Å². The van der Waals surface area contributed by atoms with Crippen molar-refractivity contribution in [3.05, 3.63) is 23.3 Å². The summed E-state index contributed by atoms with van der Waals surface area (Å²) in [6.07, 6.45) is 2.61. The average Bonchev–Trinajstić information content (AvgIpc) is 2.68. The first-order chi connectivity index (χ1) is 13.3. The van der Waals surface area contributed by atoms with Gasteiger partial charge in [0, 0.05) is 26.2 Å². The maximum atomic E-state index is 13.3. The Labute approximate surface area is 168 Å². The minimum Gasteiger partial charge on any atom is -0.492 e. The summed E-state index contributed by atoms with van der Waals surface area (Å²) in [5, 5.41) is 0. The van der Waals surface area contributed by atoms with Crippen molar-refractivity contribution in [1.82, 2.24) is 9.21 Å². The van der Waals surface area contributed by atoms with E-state index in [-0.39, 0.29) is 18.0 Å². The van der Waals surface area contributed by atoms with Crippen molar-refractivity contribution >= 4 is 16.1 Å². The van der Waals surface area contributed by atoms with Crippen molar-refractivity contribution in [3.8, 4) is 5.75 Å². The number of unbranched alkanes of at least 4 members (excludes halogenated alkanes) is 2. The van der Waals surface area contributed by atoms with E-state index in [1.165, 1.54) is 9.21 Å². The summed E-state index contributed by atoms with van der Waals surface area (Å²) in [5.41, 5.74) is 1.90. The highest BCUT2D eigenvalue weighted by molar-refractivity contribution is 7.89. The molecule has 0 aromatic heterocycles. The Morgan fingerprint density at radius 3 is 2.29 bits per heavy atom. The molecule has 158 valence electrons. The summed E-state index contributed by atoms with van der Waals surface area (Å²) in [5.74, 6) is 0.409. The fraction of sp³-hybridized carbons (Fsp3) is 0.650. The van der Waals surface area contributed by atoms with Crippen LogP contribution < -0.4 is 4.74 Å². The SMILES string of the molecule is CCCCCOc1cc(C)c(C)cc1S(=O)(=O)N1CCN(C(=O)OCC)CC1. The molecular weight excluding hydrogens is 380 g/mol. The van der Waals surface area contributed by atoms with Crippen LogP contribution in [0.1, 0.15) is 44.2 Å². The third-order valence-corrected chi connectivity index (χ3v) is 6.87. The number of rotatable bonds is 8. The number of sulfonamides is 1. The zero-order valence-corrected chi connectivity index (χ0v) is 18.2. The van der Waals surface area contributed by atoms with Gasteiger partial charge < -0.3 is 14.4 Å². The van der Waals surface area contributed by atoms with Crippen LogP contribution in [0.15, 0.2) is 17.0 Å². The number of amides is 1. The first-order valence-corrected chi connectivity index (χ1v) is 11.4. The van der Waals surface area contributed by atoms with Gasteiger partial charge in [0.25, 0.3) is 0 Å². The van der Waals surface area contributed by atoms with Crippen LogP contribution in [0.25, 0.3) is 0 Å². The molecule has 0 bridgehead atoms. The van der Waals surface area contributed by atoms with Gasteiger partial charge in [-0.25, -0.2) is 13.2 Å². The molecule has 0 atom stereocenters. The fourth-order valence-corrected chi connectivity index (χ4v) is 4.70. The molecule has 7 nitrogen and oxygen atoms in total. The van der Waals surface area contributed by atoms with Gasteiger partial charge in [-0.2, -0.15) is 4.31 Å². The molecule has 1 fully saturated rings. The Bertz CT molecular complexity index is 771. The number of ether oxygens (including phenoxy) is 2. The molecule has 1 heterocycles. The highest BCUT2D eigenvalue weighted by atomic mass is 32.2. The molecule has 0 spiro atoms. The Morgan fingerprint density at radius 2 is 1.68 bits per heavy atom. The summed E-state index contributed by atoms with van der Waals surface area (Å²) >= 11 is 0. The van der Waals surface area contributed by atoms with Gasteiger partial charge in [-0.05, 0) is 50.5 Å². The largest absolute Gasteiger partial charge is 0.492 e. The Kier molecular flexibility index (Phi) is 8.12. The van der Waals surface area contributed by atoms with Crippen molar-refractivity contribution in [2.75, 3.05) is 39.4 Å². The molecule has 1 aromatic carbocycles. The number of hydrogen-bond acceptors (Lipinski definition) is 5. The molecule has 1 amide bonds. The van der Waals surface area contributed by atoms with Gasteiger partial charge in [0.05, 0.1) is 13.2 Å². The van der Waals surface area contributed by atoms with Gasteiger partial charge in [0.15, 0.2) is 0 Å². The minimum atomic E-state index is -3.71. The second kappa shape index (κ2) is 10.1. The monoisotopic (exact) mass is 412 g/mol. The molecule has 0 unspecified atom stereocenters. The summed E-state index contributed by atoms with van der Waals surface area (Å²) in [6, 6.07) is 3.50. The summed E-state index contributed by atoms with van der Waals surface area (Å²) in [7, 11) is -3.71. The molecule has 1 saturated heterocycles. The van der Waals surface area contributed by atoms with E-state index in [1.54, 1.807) is 13.0 Å². The summed E-state index contributed by atoms with van der Waals surface area (Å²) < 4.78 is 38.8. The van der Waals surface area contributed by atoms with Crippen LogP contribution in [-0.4, -0.2) is 63.1 Å². The average molecular weight is 413 g/mol. The standard InChI is InChI=1S/C20H32N2O5S/c1-5-7-8-13-27-18-14-16(3)17(4)15-19(18)28(24,25)22-11-9-21(10-12-22)20(23)26-6-2/h14-15H,5-13H2,1-4H3. The number of carbonyl (C=O) groups is 1. The van der Waals surface area contributed by atoms with Crippen LogP contribution in [0.2, 0.25) is 0 Å². The number of nitrogens with zero attached hydrogens (tertiary/aromatic N) is 2. The van der Waals surface area contributed by atoms with E-state index in [1.807, 2.05) is 19.9 Å². The van der Waals surface area contributed by atoms with Crippen LogP contribution in [-0.2, 0) is 14.8 Å². The van der Waals surface area contributed by atoms with E-state index in [0.717, 1.165) is 30.4 Å². The molecule has 28 heavy (non-hydrogen) atoms. The maximum Gasteiger partial charge on any atom is 0.409 e. The third-order valence-electron chi connectivity index (χ3n) is 4.95. The molecule has 0 radical (unpaired) electrons. The summed E-state index contributed by atoms with van der Waals surface area (Å²) in [6.45, 7) is 9.62. The second-order valence-electron chi connectivity index (χ2n) is 7.03. The predicted octanol–water partition coefficient (Wildman–Crippen LogP) is 3.34. The number of benzene rings is 1. The Morgan fingerprint density at radius 1 is 1.04 bits per heavy atom. The third kappa shape index (κ3) is 5.38. The molecule has 8 heteroatoms. The first-order valence-electron chi connectivity index (χ1n) is 9.97. The lowest BCUT2D eigenvalue weighted by Crippen LogP contribution is -2.50. The second-order valence-corrected chi connectivity index (χ2v) is 8.94. The number of hydrogen-bond donors (Lipinski definition) is 0. The van der Waals surface area contributed by atoms with Gasteiger partial charge >= 0.3 is 6.09 Å². The van der Waals surface area contributed by atoms with Gasteiger partial charge in [-0.1, -0.05) is 19.8 Å². The zero-order chi connectivity index (χ0) is 20.7. The van der Waals surface area contributed by atoms with E-state index in [9.17, 15) is 13.2 Å². The zero-order valence-electron chi connectivity index (χ0n) is 17.4. The molecule has 2 rings (SSSR count). The van der Waals surface area contributed by atoms with Gasteiger partial charge in [0.1, 0.15) is 10.6 Å². The highest BCUT2D eigenvalue weighted by Gasteiger charge is 2.33. The van der Waals surface area contributed by atoms with Crippen molar-refractivity contribution < 1.29 is 22.7 Å². The van der Waals surface area contributed by atoms with E-state index in [2.05, 4.69) is 6.92 Å². The number of aryl methyl sites for hydroxylation is 2. The lowest BCUT2D eigenvalue weighted by atomic mass is 10.1. The quantitative estimate of drug-likeness (QED) is 0.612. The Hall–Kier alpha value is -1.80. The number of piperazine rings is 1. The molecule has 1 aliphatic rings. The lowest BCUT2D eigenvalue weighted by molar-refractivity contribution is 0.0933. The van der Waals surface area contributed by atoms with Crippen LogP contribution in [0.5, 0.6) is 5.75 Å². The number of carbonyl (C=O) groups excluding carboxylic acids is 1. The van der Waals surface area contributed by atoms with Crippen molar-refractivity contribution in [1.29, 1.82) is 0 Å². The van der Waals surface area contributed by atoms with Crippen molar-refractivity contribution in [2.24, 2.45) is 0 Å². The molecule has 0 aliphatic carbocycles. The smallest absolute Gasteiger partial charge is 0.409 e. The van der Waals surface area contributed by atoms with Crippen LogP contribution in [0.3, 0.4) is 0 Å². The van der Waals surface area contributed by atoms with Crippen LogP contribution in [0.4, 0.5) is 4.79 Å². The van der Waals surface area contributed by atoms with Crippen molar-refractivity contribution in [3.63, 3.8) is 0 Å². The molecule has 1 aromatic rings. The normalized spacial score (nSPS) is 15.5. The van der Waals surface area contributed by atoms with Gasteiger partial charge in [-0.3, -0.25) is 0 Å². The van der Waals surface area contributed by atoms with E-state index >= 15 is 0 Å². The molecular formula is C20H32N2O5S. The van der Waals surface area contributed by atoms with Crippen LogP contribution in [0, 0.1) is 13.8 Å². The van der Waals surface area contributed by atoms with E-state index < -0.39 is 16.1 Å². The molecule has 1 aliphatic heterocycles. The van der Waals surface area contributed by atoms with Gasteiger partial charge in [0.2, 0.25) is 10.0 Å². The van der Waals surface area contributed by atoms with Crippen LogP contribution >= 0.6 is 0 Å². The summed E-state index contributed by atoms with van der Waals surface area (Å²) in [4.78, 5) is 13.6. The van der Waals surface area contributed by atoms with E-state index in [0.29, 0.717) is 32.1 Å². The first kappa shape index (κ1) is 22.5. The Balaban J connectivity index is 2.18. The predicted molar refractivity (Wildman–Crippen MR) is 108 cm³/mol. The highest BCUT2D eigenvalue weighted by Crippen LogP contribution is 2.31. The minimum absolute atomic E-state index is 0.205. The fourth-order valence-electron chi connectivity index (χ4n) is 3.08.